The van der Waals surface area contributed by atoms with Crippen LogP contribution < -0.4 is 10.2 Å². The normalized spacial score (nSPS) is 11.8. The Morgan fingerprint density at radius 1 is 1.41 bits per heavy atom. The number of carbonyl (C=O) groups is 1. The first-order chi connectivity index (χ1) is 8.10. The zero-order valence-electron chi connectivity index (χ0n) is 10.9. The molecular weight excluding hydrogens is 216 g/mol. The van der Waals surface area contributed by atoms with Gasteiger partial charge in [0, 0.05) is 14.1 Å². The van der Waals surface area contributed by atoms with Crippen molar-refractivity contribution in [3.63, 3.8) is 0 Å². The Hall–Kier alpha value is -1.71. The second-order valence-corrected chi connectivity index (χ2v) is 4.04. The van der Waals surface area contributed by atoms with Crippen LogP contribution in [0.4, 0.5) is 11.4 Å². The third-order valence-electron chi connectivity index (χ3n) is 2.61. The lowest BCUT2D eigenvalue weighted by Crippen LogP contribution is -2.30. The number of esters is 1. The lowest BCUT2D eigenvalue weighted by atomic mass is 10.2. The van der Waals surface area contributed by atoms with E-state index >= 15 is 0 Å². The van der Waals surface area contributed by atoms with Gasteiger partial charge >= 0.3 is 5.97 Å². The molecule has 17 heavy (non-hydrogen) atoms. The first-order valence-electron chi connectivity index (χ1n) is 5.70. The Morgan fingerprint density at radius 2 is 2.06 bits per heavy atom. The van der Waals surface area contributed by atoms with Crippen molar-refractivity contribution < 1.29 is 9.53 Å². The third-order valence-corrected chi connectivity index (χ3v) is 2.61. The van der Waals surface area contributed by atoms with Gasteiger partial charge in [0.15, 0.2) is 0 Å². The second kappa shape index (κ2) is 6.13. The van der Waals surface area contributed by atoms with Gasteiger partial charge in [0.25, 0.3) is 0 Å². The molecule has 1 rings (SSSR count). The van der Waals surface area contributed by atoms with Gasteiger partial charge in [-0.2, -0.15) is 0 Å². The van der Waals surface area contributed by atoms with Crippen LogP contribution in [0.15, 0.2) is 24.3 Å². The maximum Gasteiger partial charge on any atom is 0.328 e. The van der Waals surface area contributed by atoms with Crippen LogP contribution in [0.5, 0.6) is 0 Å². The number of hydrogen-bond donors (Lipinski definition) is 1. The lowest BCUT2D eigenvalue weighted by molar-refractivity contribution is -0.141. The van der Waals surface area contributed by atoms with E-state index in [-0.39, 0.29) is 12.0 Å². The Labute approximate surface area is 103 Å². The van der Waals surface area contributed by atoms with Crippen LogP contribution in [0.2, 0.25) is 0 Å². The van der Waals surface area contributed by atoms with Crippen molar-refractivity contribution >= 4 is 17.3 Å². The molecule has 0 amide bonds. The minimum absolute atomic E-state index is 0.235. The van der Waals surface area contributed by atoms with E-state index in [4.69, 9.17) is 4.74 Å². The number of rotatable bonds is 5. The van der Waals surface area contributed by atoms with Gasteiger partial charge in [-0.05, 0) is 18.6 Å². The van der Waals surface area contributed by atoms with Crippen molar-refractivity contribution in [3.05, 3.63) is 24.3 Å². The molecule has 0 spiro atoms. The SMILES string of the molecule is CCC(Nc1ccccc1N(C)C)C(=O)OC. The van der Waals surface area contributed by atoms with E-state index in [9.17, 15) is 4.79 Å². The number of methoxy groups -OCH3 is 1. The van der Waals surface area contributed by atoms with Crippen molar-refractivity contribution in [3.8, 4) is 0 Å². The number of benzene rings is 1. The maximum atomic E-state index is 11.5. The molecular formula is C13H20N2O2. The Balaban J connectivity index is 2.89. The first kappa shape index (κ1) is 13.4. The van der Waals surface area contributed by atoms with E-state index in [1.807, 2.05) is 50.2 Å². The molecule has 94 valence electrons. The minimum Gasteiger partial charge on any atom is -0.467 e. The second-order valence-electron chi connectivity index (χ2n) is 4.04. The maximum absolute atomic E-state index is 11.5. The molecule has 0 aliphatic carbocycles. The molecule has 0 saturated carbocycles. The summed E-state index contributed by atoms with van der Waals surface area (Å²) in [6.45, 7) is 1.95. The van der Waals surface area contributed by atoms with Gasteiger partial charge in [-0.3, -0.25) is 0 Å². The molecule has 0 saturated heterocycles. The van der Waals surface area contributed by atoms with Crippen LogP contribution in [0.1, 0.15) is 13.3 Å². The number of nitrogens with zero attached hydrogens (tertiary/aromatic N) is 1. The highest BCUT2D eigenvalue weighted by Gasteiger charge is 2.17. The molecule has 0 aromatic heterocycles. The monoisotopic (exact) mass is 236 g/mol. The van der Waals surface area contributed by atoms with Crippen molar-refractivity contribution in [1.29, 1.82) is 0 Å². The highest BCUT2D eigenvalue weighted by Crippen LogP contribution is 2.24. The molecule has 1 aromatic rings. The van der Waals surface area contributed by atoms with E-state index in [0.717, 1.165) is 11.4 Å². The summed E-state index contributed by atoms with van der Waals surface area (Å²) in [4.78, 5) is 13.5. The van der Waals surface area contributed by atoms with E-state index in [1.54, 1.807) is 0 Å². The van der Waals surface area contributed by atoms with E-state index in [1.165, 1.54) is 7.11 Å². The van der Waals surface area contributed by atoms with Crippen LogP contribution in [-0.2, 0) is 9.53 Å². The Kier molecular flexibility index (Phi) is 4.82. The van der Waals surface area contributed by atoms with Gasteiger partial charge in [-0.1, -0.05) is 19.1 Å². The lowest BCUT2D eigenvalue weighted by Gasteiger charge is -2.21. The molecule has 0 heterocycles. The van der Waals surface area contributed by atoms with E-state index in [0.29, 0.717) is 6.42 Å². The van der Waals surface area contributed by atoms with Crippen LogP contribution >= 0.6 is 0 Å². The fraction of sp³-hybridized carbons (Fsp3) is 0.462. The summed E-state index contributed by atoms with van der Waals surface area (Å²) < 4.78 is 4.76. The fourth-order valence-electron chi connectivity index (χ4n) is 1.64. The molecule has 0 fully saturated rings. The topological polar surface area (TPSA) is 41.6 Å². The van der Waals surface area contributed by atoms with E-state index in [2.05, 4.69) is 5.32 Å². The van der Waals surface area contributed by atoms with Gasteiger partial charge in [0.05, 0.1) is 18.5 Å². The van der Waals surface area contributed by atoms with Gasteiger partial charge in [-0.25, -0.2) is 4.79 Å². The molecule has 0 aliphatic heterocycles. The molecule has 1 unspecified atom stereocenters. The third kappa shape index (κ3) is 3.37. The summed E-state index contributed by atoms with van der Waals surface area (Å²) in [7, 11) is 5.35. The smallest absolute Gasteiger partial charge is 0.328 e. The molecule has 4 nitrogen and oxygen atoms in total. The zero-order valence-corrected chi connectivity index (χ0v) is 10.9. The van der Waals surface area contributed by atoms with Crippen LogP contribution in [0, 0.1) is 0 Å². The van der Waals surface area contributed by atoms with Crippen molar-refractivity contribution in [1.82, 2.24) is 0 Å². The molecule has 0 bridgehead atoms. The molecule has 4 heteroatoms. The molecule has 1 N–H and O–H groups in total. The van der Waals surface area contributed by atoms with Gasteiger partial charge in [0.2, 0.25) is 0 Å². The average Bonchev–Trinajstić information content (AvgIpc) is 2.35. The largest absolute Gasteiger partial charge is 0.467 e. The summed E-state index contributed by atoms with van der Waals surface area (Å²) in [6.07, 6.45) is 0.689. The summed E-state index contributed by atoms with van der Waals surface area (Å²) >= 11 is 0. The zero-order chi connectivity index (χ0) is 12.8. The van der Waals surface area contributed by atoms with Crippen molar-refractivity contribution in [2.24, 2.45) is 0 Å². The van der Waals surface area contributed by atoms with Crippen LogP contribution in [0.25, 0.3) is 0 Å². The van der Waals surface area contributed by atoms with Crippen LogP contribution in [-0.4, -0.2) is 33.2 Å². The van der Waals surface area contributed by atoms with Crippen molar-refractivity contribution in [2.45, 2.75) is 19.4 Å². The fourth-order valence-corrected chi connectivity index (χ4v) is 1.64. The first-order valence-corrected chi connectivity index (χ1v) is 5.70. The van der Waals surface area contributed by atoms with E-state index < -0.39 is 0 Å². The summed E-state index contributed by atoms with van der Waals surface area (Å²) in [5.74, 6) is -0.235. The summed E-state index contributed by atoms with van der Waals surface area (Å²) in [5.41, 5.74) is 1.99. The minimum atomic E-state index is -0.305. The van der Waals surface area contributed by atoms with Crippen molar-refractivity contribution in [2.75, 3.05) is 31.4 Å². The standard InChI is InChI=1S/C13H20N2O2/c1-5-10(13(16)17-4)14-11-8-6-7-9-12(11)15(2)3/h6-10,14H,5H2,1-4H3. The number of nitrogens with one attached hydrogen (secondary N) is 1. The van der Waals surface area contributed by atoms with Gasteiger partial charge < -0.3 is 15.0 Å². The Bertz CT molecular complexity index is 377. The highest BCUT2D eigenvalue weighted by molar-refractivity contribution is 5.81. The summed E-state index contributed by atoms with van der Waals surface area (Å²) in [5, 5.41) is 3.21. The number of hydrogen-bond acceptors (Lipinski definition) is 4. The predicted molar refractivity (Wildman–Crippen MR) is 70.5 cm³/mol. The number of anilines is 2. The molecule has 0 aliphatic rings. The Morgan fingerprint density at radius 3 is 2.59 bits per heavy atom. The average molecular weight is 236 g/mol. The summed E-state index contributed by atoms with van der Waals surface area (Å²) in [6, 6.07) is 7.58. The molecule has 1 atom stereocenters. The molecule has 0 radical (unpaired) electrons. The van der Waals surface area contributed by atoms with Gasteiger partial charge in [-0.15, -0.1) is 0 Å². The number of carbonyl (C=O) groups excluding carboxylic acids is 1. The number of ether oxygens (including phenoxy) is 1. The number of para-hydroxylation sites is 2. The molecule has 1 aromatic carbocycles. The highest BCUT2D eigenvalue weighted by atomic mass is 16.5. The quantitative estimate of drug-likeness (QED) is 0.795. The van der Waals surface area contributed by atoms with Gasteiger partial charge in [0.1, 0.15) is 6.04 Å². The van der Waals surface area contributed by atoms with Crippen LogP contribution in [0.3, 0.4) is 0 Å². The predicted octanol–water partition coefficient (Wildman–Crippen LogP) is 2.12.